The van der Waals surface area contributed by atoms with E-state index in [1.807, 2.05) is 0 Å². The van der Waals surface area contributed by atoms with Gasteiger partial charge in [0.15, 0.2) is 6.29 Å². The van der Waals surface area contributed by atoms with Crippen LogP contribution in [-0.2, 0) is 9.47 Å². The van der Waals surface area contributed by atoms with Gasteiger partial charge in [-0.2, -0.15) is 39.5 Å². The van der Waals surface area contributed by atoms with Crippen molar-refractivity contribution in [1.29, 1.82) is 0 Å². The molecule has 0 spiro atoms. The molecule has 15 heteroatoms. The molecule has 5 atom stereocenters. The highest BCUT2D eigenvalue weighted by atomic mass is 19.4. The molecule has 1 rings (SSSR count). The van der Waals surface area contributed by atoms with Crippen molar-refractivity contribution in [2.75, 3.05) is 13.2 Å². The molecule has 35 heavy (non-hydrogen) atoms. The molecule has 4 N–H and O–H groups in total. The lowest BCUT2D eigenvalue weighted by molar-refractivity contribution is -0.396. The molecule has 6 nitrogen and oxygen atoms in total. The summed E-state index contributed by atoms with van der Waals surface area (Å²) in [6, 6.07) is 0. The summed E-state index contributed by atoms with van der Waals surface area (Å²) in [5, 5.41) is 38.2. The van der Waals surface area contributed by atoms with Gasteiger partial charge in [0.1, 0.15) is 24.4 Å². The highest BCUT2D eigenvalue weighted by Gasteiger charge is 2.81. The lowest BCUT2D eigenvalue weighted by atomic mass is 9.97. The van der Waals surface area contributed by atoms with Crippen LogP contribution in [0.1, 0.15) is 57.8 Å². The van der Waals surface area contributed by atoms with E-state index in [-0.39, 0.29) is 13.0 Å². The number of ether oxygens (including phenoxy) is 2. The molecule has 0 saturated carbocycles. The molecule has 0 unspecified atom stereocenters. The number of halogens is 9. The maximum absolute atomic E-state index is 13.4. The molecule has 0 aliphatic carbocycles. The smallest absolute Gasteiger partial charge is 0.394 e. The lowest BCUT2D eigenvalue weighted by Crippen LogP contribution is -2.60. The Balaban J connectivity index is 2.18. The van der Waals surface area contributed by atoms with E-state index in [9.17, 15) is 54.8 Å². The summed E-state index contributed by atoms with van der Waals surface area (Å²) in [7, 11) is 0. The van der Waals surface area contributed by atoms with Crippen LogP contribution in [0.4, 0.5) is 39.5 Å². The number of alkyl halides is 9. The van der Waals surface area contributed by atoms with Gasteiger partial charge in [-0.1, -0.05) is 38.5 Å². The van der Waals surface area contributed by atoms with Crippen LogP contribution < -0.4 is 0 Å². The van der Waals surface area contributed by atoms with E-state index in [1.165, 1.54) is 0 Å². The van der Waals surface area contributed by atoms with Crippen LogP contribution in [0.2, 0.25) is 0 Å². The van der Waals surface area contributed by atoms with Crippen molar-refractivity contribution in [3.8, 4) is 0 Å². The first-order chi connectivity index (χ1) is 16.0. The summed E-state index contributed by atoms with van der Waals surface area (Å²) >= 11 is 0. The van der Waals surface area contributed by atoms with Crippen molar-refractivity contribution < 1.29 is 69.4 Å². The zero-order valence-corrected chi connectivity index (χ0v) is 18.7. The fraction of sp³-hybridized carbons (Fsp3) is 1.00. The Labute approximate surface area is 196 Å². The van der Waals surface area contributed by atoms with Gasteiger partial charge in [0.2, 0.25) is 0 Å². The number of hydrogen-bond donors (Lipinski definition) is 4. The monoisotopic (exact) mass is 538 g/mol. The number of aliphatic hydroxyl groups is 4. The first kappa shape index (κ1) is 32.2. The maximum Gasteiger partial charge on any atom is 0.460 e. The van der Waals surface area contributed by atoms with Gasteiger partial charge in [0.05, 0.1) is 6.61 Å². The van der Waals surface area contributed by atoms with E-state index in [1.54, 1.807) is 0 Å². The zero-order valence-electron chi connectivity index (χ0n) is 18.7. The Morgan fingerprint density at radius 3 is 1.60 bits per heavy atom. The molecule has 1 heterocycles. The zero-order chi connectivity index (χ0) is 27.1. The predicted octanol–water partition coefficient (Wildman–Crippen LogP) is 3.78. The molecular formula is C20H31F9O6. The number of hydrogen-bond acceptors (Lipinski definition) is 6. The average Bonchev–Trinajstić information content (AvgIpc) is 2.76. The van der Waals surface area contributed by atoms with Crippen LogP contribution in [0.15, 0.2) is 0 Å². The minimum absolute atomic E-state index is 0.0521. The summed E-state index contributed by atoms with van der Waals surface area (Å²) < 4.78 is 125. The fourth-order valence-electron chi connectivity index (χ4n) is 3.48. The summed E-state index contributed by atoms with van der Waals surface area (Å²) in [5.74, 6) is -18.9. The minimum atomic E-state index is -6.85. The van der Waals surface area contributed by atoms with Gasteiger partial charge in [-0.3, -0.25) is 0 Å². The Morgan fingerprint density at radius 2 is 1.11 bits per heavy atom. The number of aliphatic hydroxyl groups excluding tert-OH is 4. The van der Waals surface area contributed by atoms with Crippen LogP contribution in [0.5, 0.6) is 0 Å². The molecule has 0 aromatic heterocycles. The normalized spacial score (nSPS) is 26.8. The van der Waals surface area contributed by atoms with Crippen molar-refractivity contribution in [2.24, 2.45) is 0 Å². The van der Waals surface area contributed by atoms with Crippen LogP contribution in [0, 0.1) is 0 Å². The van der Waals surface area contributed by atoms with Crippen LogP contribution in [0.3, 0.4) is 0 Å². The number of rotatable bonds is 15. The second-order valence-electron chi connectivity index (χ2n) is 8.50. The van der Waals surface area contributed by atoms with E-state index in [0.29, 0.717) is 38.5 Å². The van der Waals surface area contributed by atoms with Crippen molar-refractivity contribution in [1.82, 2.24) is 0 Å². The van der Waals surface area contributed by atoms with Crippen LogP contribution in [0.25, 0.3) is 0 Å². The Hall–Kier alpha value is -0.870. The molecule has 0 radical (unpaired) electrons. The third-order valence-electron chi connectivity index (χ3n) is 5.73. The van der Waals surface area contributed by atoms with Crippen molar-refractivity contribution in [3.63, 3.8) is 0 Å². The van der Waals surface area contributed by atoms with Gasteiger partial charge >= 0.3 is 23.9 Å². The first-order valence-electron chi connectivity index (χ1n) is 11.1. The number of unbranched alkanes of at least 4 members (excludes halogenated alkanes) is 7. The molecule has 0 aromatic carbocycles. The van der Waals surface area contributed by atoms with Crippen molar-refractivity contribution in [3.05, 3.63) is 0 Å². The molecule has 1 fully saturated rings. The second-order valence-corrected chi connectivity index (χ2v) is 8.50. The molecule has 0 amide bonds. The summed E-state index contributed by atoms with van der Waals surface area (Å²) in [4.78, 5) is 0. The van der Waals surface area contributed by atoms with Gasteiger partial charge in [-0.25, -0.2) is 0 Å². The van der Waals surface area contributed by atoms with Gasteiger partial charge in [-0.15, -0.1) is 0 Å². The third kappa shape index (κ3) is 8.06. The van der Waals surface area contributed by atoms with E-state index in [2.05, 4.69) is 0 Å². The van der Waals surface area contributed by atoms with Crippen molar-refractivity contribution >= 4 is 0 Å². The standard InChI is InChI=1S/C20H31F9O6/c21-17(22,18(23,24)19(25,26)20(27,28)29)9-7-5-3-1-2-4-6-8-10-34-16-15(33)14(32)13(31)12(11-30)35-16/h12-16,30-33H,1-11H2/t12-,13-,14+,15-,16-/m1/s1. The Bertz CT molecular complexity index is 618. The average molecular weight is 538 g/mol. The topological polar surface area (TPSA) is 99.4 Å². The molecule has 1 aliphatic rings. The van der Waals surface area contributed by atoms with Gasteiger partial charge in [0, 0.05) is 13.0 Å². The minimum Gasteiger partial charge on any atom is -0.394 e. The highest BCUT2D eigenvalue weighted by Crippen LogP contribution is 2.54. The quantitative estimate of drug-likeness (QED) is 0.187. The maximum atomic E-state index is 13.4. The lowest BCUT2D eigenvalue weighted by Gasteiger charge is -2.39. The van der Waals surface area contributed by atoms with E-state index >= 15 is 0 Å². The van der Waals surface area contributed by atoms with E-state index in [4.69, 9.17) is 14.6 Å². The third-order valence-corrected chi connectivity index (χ3v) is 5.73. The first-order valence-corrected chi connectivity index (χ1v) is 11.1. The van der Waals surface area contributed by atoms with Gasteiger partial charge in [-0.05, 0) is 12.8 Å². The summed E-state index contributed by atoms with van der Waals surface area (Å²) in [6.07, 6.45) is -13.0. The molecule has 1 saturated heterocycles. The highest BCUT2D eigenvalue weighted by molar-refractivity contribution is 5.00. The molecule has 0 aromatic rings. The predicted molar refractivity (Wildman–Crippen MR) is 102 cm³/mol. The fourth-order valence-corrected chi connectivity index (χ4v) is 3.48. The Kier molecular flexibility index (Phi) is 12.0. The Morgan fingerprint density at radius 1 is 0.629 bits per heavy atom. The van der Waals surface area contributed by atoms with E-state index in [0.717, 1.165) is 0 Å². The van der Waals surface area contributed by atoms with Crippen molar-refractivity contribution in [2.45, 2.75) is 112 Å². The summed E-state index contributed by atoms with van der Waals surface area (Å²) in [6.45, 7) is -0.473. The summed E-state index contributed by atoms with van der Waals surface area (Å²) in [5.41, 5.74) is 0. The molecule has 0 bridgehead atoms. The SMILES string of the molecule is OC[C@H]1O[C@@H](OCCCCCCCCCCC(F)(F)C(F)(F)C(F)(F)C(F)(F)F)[C@H](O)[C@@H](O)[C@@H]1O. The second kappa shape index (κ2) is 13.1. The molecule has 210 valence electrons. The van der Waals surface area contributed by atoms with Crippen LogP contribution in [-0.4, -0.2) is 88.3 Å². The van der Waals surface area contributed by atoms with Gasteiger partial charge in [0.25, 0.3) is 0 Å². The van der Waals surface area contributed by atoms with Gasteiger partial charge < -0.3 is 29.9 Å². The van der Waals surface area contributed by atoms with Crippen LogP contribution >= 0.6 is 0 Å². The largest absolute Gasteiger partial charge is 0.460 e. The molecule has 1 aliphatic heterocycles. The molecular weight excluding hydrogens is 507 g/mol. The van der Waals surface area contributed by atoms with E-state index < -0.39 is 74.1 Å².